The van der Waals surface area contributed by atoms with E-state index < -0.39 is 11.8 Å². The summed E-state index contributed by atoms with van der Waals surface area (Å²) in [6.45, 7) is 0. The highest BCUT2D eigenvalue weighted by Gasteiger charge is 2.42. The summed E-state index contributed by atoms with van der Waals surface area (Å²) in [6.07, 6.45) is 1.39. The average molecular weight is 397 g/mol. The first-order valence-corrected chi connectivity index (χ1v) is 9.07. The second-order valence-electron chi connectivity index (χ2n) is 4.65. The summed E-state index contributed by atoms with van der Waals surface area (Å²) < 4.78 is 0. The van der Waals surface area contributed by atoms with Gasteiger partial charge in [0.1, 0.15) is 26.2 Å². The van der Waals surface area contributed by atoms with Crippen LogP contribution in [-0.4, -0.2) is 26.8 Å². The van der Waals surface area contributed by atoms with Gasteiger partial charge in [-0.15, -0.1) is 22.7 Å². The Morgan fingerprint density at radius 2 is 1.75 bits per heavy atom. The van der Waals surface area contributed by atoms with E-state index in [-0.39, 0.29) is 10.1 Å². The van der Waals surface area contributed by atoms with Crippen LogP contribution in [0.1, 0.15) is 0 Å². The molecular weight excluding hydrogens is 391 g/mol. The Hall–Kier alpha value is -2.00. The number of halogens is 2. The topological polar surface area (TPSA) is 66.4 Å². The van der Waals surface area contributed by atoms with Crippen molar-refractivity contribution in [1.82, 2.24) is 15.0 Å². The zero-order valence-electron chi connectivity index (χ0n) is 11.6. The zero-order chi connectivity index (χ0) is 16.8. The maximum absolute atomic E-state index is 12.5. The molecule has 2 amide bonds. The third-order valence-corrected chi connectivity index (χ3v) is 5.77. The summed E-state index contributed by atoms with van der Waals surface area (Å²) in [6, 6.07) is 5.41. The predicted molar refractivity (Wildman–Crippen MR) is 94.5 cm³/mol. The molecule has 0 unspecified atom stereocenters. The van der Waals surface area contributed by atoms with E-state index in [9.17, 15) is 9.59 Å². The molecule has 6 nitrogen and oxygen atoms in total. The number of thiophene rings is 2. The van der Waals surface area contributed by atoms with Gasteiger partial charge in [-0.1, -0.05) is 23.2 Å². The normalized spacial score (nSPS) is 15.0. The van der Waals surface area contributed by atoms with Crippen molar-refractivity contribution >= 4 is 78.7 Å². The highest BCUT2D eigenvalue weighted by molar-refractivity contribution is 7.16. The number of rotatable bonds is 3. The third kappa shape index (κ3) is 2.22. The molecule has 1 aliphatic heterocycles. The van der Waals surface area contributed by atoms with Crippen molar-refractivity contribution in [3.8, 4) is 0 Å². The first kappa shape index (κ1) is 15.5. The summed E-state index contributed by atoms with van der Waals surface area (Å²) in [4.78, 5) is 34.1. The first-order valence-electron chi connectivity index (χ1n) is 6.55. The summed E-state index contributed by atoms with van der Waals surface area (Å²) in [7, 11) is 0. The number of carbonyl (C=O) groups excluding carboxylic acids is 2. The van der Waals surface area contributed by atoms with Gasteiger partial charge in [-0.3, -0.25) is 9.59 Å². The molecule has 0 saturated carbocycles. The van der Waals surface area contributed by atoms with Crippen LogP contribution in [0.15, 0.2) is 45.4 Å². The molecule has 0 aromatic carbocycles. The highest BCUT2D eigenvalue weighted by atomic mass is 35.5. The molecule has 0 radical (unpaired) electrons. The molecule has 3 aromatic rings. The van der Waals surface area contributed by atoms with Crippen LogP contribution in [0.5, 0.6) is 0 Å². The van der Waals surface area contributed by atoms with Crippen molar-refractivity contribution in [2.75, 3.05) is 5.01 Å². The van der Waals surface area contributed by atoms with E-state index in [0.29, 0.717) is 10.8 Å². The van der Waals surface area contributed by atoms with E-state index in [1.54, 1.807) is 12.1 Å². The van der Waals surface area contributed by atoms with E-state index in [1.807, 2.05) is 16.8 Å². The van der Waals surface area contributed by atoms with Crippen molar-refractivity contribution in [1.29, 1.82) is 0 Å². The van der Waals surface area contributed by atoms with Gasteiger partial charge >= 0.3 is 0 Å². The number of nitrogens with zero attached hydrogens (tertiary/aromatic N) is 4. The van der Waals surface area contributed by atoms with Gasteiger partial charge < -0.3 is 0 Å². The second kappa shape index (κ2) is 5.82. The molecule has 0 bridgehead atoms. The minimum Gasteiger partial charge on any atom is -0.266 e. The van der Waals surface area contributed by atoms with Gasteiger partial charge in [0, 0.05) is 0 Å². The van der Waals surface area contributed by atoms with Gasteiger partial charge in [-0.25, -0.2) is 15.0 Å². The summed E-state index contributed by atoms with van der Waals surface area (Å²) in [5, 5.41) is 6.74. The number of aromatic nitrogens is 2. The monoisotopic (exact) mass is 396 g/mol. The number of amides is 2. The Balaban J connectivity index is 1.93. The van der Waals surface area contributed by atoms with Crippen molar-refractivity contribution in [3.05, 3.63) is 45.4 Å². The molecule has 0 saturated heterocycles. The van der Waals surface area contributed by atoms with Gasteiger partial charge in [-0.05, 0) is 29.0 Å². The van der Waals surface area contributed by atoms with Crippen LogP contribution in [0, 0.1) is 0 Å². The lowest BCUT2D eigenvalue weighted by atomic mass is 10.3. The highest BCUT2D eigenvalue weighted by Crippen LogP contribution is 2.39. The lowest BCUT2D eigenvalue weighted by Crippen LogP contribution is -2.44. The first-order chi connectivity index (χ1) is 11.6. The van der Waals surface area contributed by atoms with Crippen molar-refractivity contribution in [2.24, 2.45) is 0 Å². The largest absolute Gasteiger partial charge is 0.293 e. The Morgan fingerprint density at radius 3 is 2.42 bits per heavy atom. The predicted octanol–water partition coefficient (Wildman–Crippen LogP) is 3.86. The van der Waals surface area contributed by atoms with Crippen molar-refractivity contribution in [2.45, 2.75) is 0 Å². The van der Waals surface area contributed by atoms with Crippen molar-refractivity contribution < 1.29 is 9.59 Å². The quantitative estimate of drug-likeness (QED) is 0.628. The molecule has 24 heavy (non-hydrogen) atoms. The maximum Gasteiger partial charge on any atom is 0.293 e. The fourth-order valence-electron chi connectivity index (χ4n) is 2.28. The molecule has 3 aromatic heterocycles. The molecule has 0 spiro atoms. The molecule has 4 heterocycles. The SMILES string of the molecule is O=C1C(Cl)=C(Cl)C(=O)N1N(c1cccs1)c1ncnc2sccc12. The minimum absolute atomic E-state index is 0.307. The maximum atomic E-state index is 12.5. The van der Waals surface area contributed by atoms with Gasteiger partial charge in [0.05, 0.1) is 5.39 Å². The summed E-state index contributed by atoms with van der Waals surface area (Å²) in [5.74, 6) is -0.981. The summed E-state index contributed by atoms with van der Waals surface area (Å²) >= 11 is 14.5. The minimum atomic E-state index is -0.693. The fraction of sp³-hybridized carbons (Fsp3) is 0. The number of carbonyl (C=O) groups is 2. The average Bonchev–Trinajstić information content (AvgIpc) is 3.30. The number of fused-ring (bicyclic) bond motifs is 1. The fourth-order valence-corrected chi connectivity index (χ4v) is 4.05. The van der Waals surface area contributed by atoms with Crippen LogP contribution in [0.2, 0.25) is 0 Å². The van der Waals surface area contributed by atoms with Crippen LogP contribution < -0.4 is 5.01 Å². The molecule has 4 rings (SSSR count). The molecular formula is C14H6Cl2N4O2S2. The lowest BCUT2D eigenvalue weighted by molar-refractivity contribution is -0.137. The molecule has 0 N–H and O–H groups in total. The number of imide groups is 1. The van der Waals surface area contributed by atoms with Gasteiger partial charge in [0.15, 0.2) is 5.82 Å². The van der Waals surface area contributed by atoms with Gasteiger partial charge in [-0.2, -0.15) is 5.01 Å². The molecule has 0 atom stereocenters. The number of hydrazine groups is 1. The third-order valence-electron chi connectivity index (χ3n) is 3.31. The standard InChI is InChI=1S/C14H6Cl2N4O2S2/c15-9-10(16)14(22)20(13(9)21)19(8-2-1-4-23-8)11-7-3-5-24-12(7)18-6-17-11/h1-6H. The van der Waals surface area contributed by atoms with Crippen LogP contribution in [-0.2, 0) is 9.59 Å². The Morgan fingerprint density at radius 1 is 1.00 bits per heavy atom. The van der Waals surface area contributed by atoms with Gasteiger partial charge in [0.2, 0.25) is 0 Å². The Kier molecular flexibility index (Phi) is 3.76. The van der Waals surface area contributed by atoms with Crippen LogP contribution in [0.25, 0.3) is 10.2 Å². The Labute approximate surface area is 153 Å². The van der Waals surface area contributed by atoms with E-state index in [2.05, 4.69) is 9.97 Å². The molecule has 0 aliphatic carbocycles. The zero-order valence-corrected chi connectivity index (χ0v) is 14.8. The number of anilines is 2. The van der Waals surface area contributed by atoms with E-state index in [1.165, 1.54) is 34.0 Å². The van der Waals surface area contributed by atoms with Gasteiger partial charge in [0.25, 0.3) is 11.8 Å². The molecule has 10 heteroatoms. The smallest absolute Gasteiger partial charge is 0.266 e. The van der Waals surface area contributed by atoms with Crippen LogP contribution in [0.3, 0.4) is 0 Å². The molecule has 120 valence electrons. The number of hydrogen-bond donors (Lipinski definition) is 0. The lowest BCUT2D eigenvalue weighted by Gasteiger charge is -2.29. The Bertz CT molecular complexity index is 975. The molecule has 1 aliphatic rings. The van der Waals surface area contributed by atoms with E-state index in [0.717, 1.165) is 15.2 Å². The second-order valence-corrected chi connectivity index (χ2v) is 7.23. The van der Waals surface area contributed by atoms with E-state index >= 15 is 0 Å². The van der Waals surface area contributed by atoms with Crippen LogP contribution in [0.4, 0.5) is 10.8 Å². The van der Waals surface area contributed by atoms with Crippen molar-refractivity contribution in [3.63, 3.8) is 0 Å². The molecule has 0 fully saturated rings. The van der Waals surface area contributed by atoms with Crippen LogP contribution >= 0.6 is 45.9 Å². The van der Waals surface area contributed by atoms with E-state index in [4.69, 9.17) is 23.2 Å². The summed E-state index contributed by atoms with van der Waals surface area (Å²) in [5.41, 5.74) is 0. The number of hydrogen-bond acceptors (Lipinski definition) is 7.